The number of carbonyl (C=O) groups excluding carboxylic acids is 2. The van der Waals surface area contributed by atoms with Crippen LogP contribution in [-0.4, -0.2) is 38.9 Å². The molecule has 0 bridgehead atoms. The predicted octanol–water partition coefficient (Wildman–Crippen LogP) is 3.88. The Bertz CT molecular complexity index is 1620. The highest BCUT2D eigenvalue weighted by molar-refractivity contribution is 8.13. The molecule has 3 heterocycles. The lowest BCUT2D eigenvalue weighted by atomic mass is 9.95. The molecule has 0 saturated heterocycles. The summed E-state index contributed by atoms with van der Waals surface area (Å²) in [5.41, 5.74) is 4.24. The maximum atomic E-state index is 13.1. The molecule has 0 aliphatic carbocycles. The Kier molecular flexibility index (Phi) is 6.36. The Morgan fingerprint density at radius 1 is 1.00 bits per heavy atom. The van der Waals surface area contributed by atoms with Crippen molar-refractivity contribution in [3.63, 3.8) is 0 Å². The number of aliphatic imine (C=N–C) groups is 1. The number of thioether (sulfide) groups is 1. The van der Waals surface area contributed by atoms with E-state index in [2.05, 4.69) is 20.2 Å². The number of amides is 2. The summed E-state index contributed by atoms with van der Waals surface area (Å²) >= 11 is 1.39. The van der Waals surface area contributed by atoms with Gasteiger partial charge in [-0.1, -0.05) is 48.2 Å². The second-order valence-electron chi connectivity index (χ2n) is 8.44. The summed E-state index contributed by atoms with van der Waals surface area (Å²) < 4.78 is 4.07. The summed E-state index contributed by atoms with van der Waals surface area (Å²) in [6.07, 6.45) is 8.37. The highest BCUT2D eigenvalue weighted by atomic mass is 32.2. The zero-order valence-corrected chi connectivity index (χ0v) is 20.7. The molecule has 0 unspecified atom stereocenters. The van der Waals surface area contributed by atoms with E-state index in [1.807, 2.05) is 85.0 Å². The van der Waals surface area contributed by atoms with E-state index in [9.17, 15) is 9.59 Å². The van der Waals surface area contributed by atoms with Crippen LogP contribution in [0.25, 0.3) is 33.0 Å². The van der Waals surface area contributed by atoms with Crippen LogP contribution in [0, 0.1) is 11.5 Å². The molecule has 180 valence electrons. The third kappa shape index (κ3) is 4.06. The van der Waals surface area contributed by atoms with Crippen LogP contribution >= 0.6 is 11.8 Å². The number of aryl methyl sites for hydroxylation is 2. The van der Waals surface area contributed by atoms with Crippen molar-refractivity contribution in [2.24, 2.45) is 12.0 Å². The minimum atomic E-state index is -0.386. The number of amidine groups is 1. The SMILES string of the molecule is CSC(=NCCCn1cc(C2=C(c3cn(C)c4ccccc34)C(=O)NC2=O)c2ccccc21)NC#N. The summed E-state index contributed by atoms with van der Waals surface area (Å²) in [5.74, 6) is -0.769. The molecule has 1 aliphatic rings. The maximum absolute atomic E-state index is 13.1. The molecule has 0 fully saturated rings. The smallest absolute Gasteiger partial charge is 0.259 e. The van der Waals surface area contributed by atoms with Gasteiger partial charge in [-0.15, -0.1) is 0 Å². The van der Waals surface area contributed by atoms with Gasteiger partial charge in [-0.3, -0.25) is 25.2 Å². The predicted molar refractivity (Wildman–Crippen MR) is 144 cm³/mol. The van der Waals surface area contributed by atoms with Crippen molar-refractivity contribution >= 4 is 61.7 Å². The number of fused-ring (bicyclic) bond motifs is 2. The third-order valence-electron chi connectivity index (χ3n) is 6.32. The summed E-state index contributed by atoms with van der Waals surface area (Å²) in [7, 11) is 1.93. The zero-order chi connectivity index (χ0) is 25.2. The summed E-state index contributed by atoms with van der Waals surface area (Å²) in [4.78, 5) is 30.6. The van der Waals surface area contributed by atoms with Crippen molar-refractivity contribution in [1.82, 2.24) is 19.8 Å². The van der Waals surface area contributed by atoms with Crippen LogP contribution in [0.2, 0.25) is 0 Å². The van der Waals surface area contributed by atoms with E-state index in [0.717, 1.165) is 39.4 Å². The fraction of sp³-hybridized carbons (Fsp3) is 0.185. The second-order valence-corrected chi connectivity index (χ2v) is 9.23. The molecule has 8 nitrogen and oxygen atoms in total. The van der Waals surface area contributed by atoms with E-state index in [0.29, 0.717) is 29.4 Å². The van der Waals surface area contributed by atoms with Crippen LogP contribution < -0.4 is 10.6 Å². The molecule has 5 rings (SSSR count). The number of hydrogen-bond donors (Lipinski definition) is 2. The fourth-order valence-corrected chi connectivity index (χ4v) is 5.13. The Hall–Kier alpha value is -4.29. The highest BCUT2D eigenvalue weighted by Gasteiger charge is 2.35. The molecule has 36 heavy (non-hydrogen) atoms. The Balaban J connectivity index is 1.59. The highest BCUT2D eigenvalue weighted by Crippen LogP contribution is 2.38. The Morgan fingerprint density at radius 2 is 1.61 bits per heavy atom. The molecule has 0 spiro atoms. The Labute approximate surface area is 212 Å². The lowest BCUT2D eigenvalue weighted by Gasteiger charge is -2.04. The third-order valence-corrected chi connectivity index (χ3v) is 6.94. The first-order valence-electron chi connectivity index (χ1n) is 11.5. The van der Waals surface area contributed by atoms with Crippen LogP contribution in [-0.2, 0) is 23.2 Å². The number of nitrogens with one attached hydrogen (secondary N) is 2. The van der Waals surface area contributed by atoms with Crippen LogP contribution in [0.4, 0.5) is 0 Å². The van der Waals surface area contributed by atoms with Gasteiger partial charge in [0.1, 0.15) is 0 Å². The molecule has 0 saturated carbocycles. The summed E-state index contributed by atoms with van der Waals surface area (Å²) in [6.45, 7) is 1.22. The molecule has 1 aliphatic heterocycles. The molecule has 2 amide bonds. The van der Waals surface area contributed by atoms with Gasteiger partial charge in [0.25, 0.3) is 11.8 Å². The largest absolute Gasteiger partial charge is 0.350 e. The second kappa shape index (κ2) is 9.76. The molecule has 9 heteroatoms. The van der Waals surface area contributed by atoms with Crippen molar-refractivity contribution in [2.45, 2.75) is 13.0 Å². The number of para-hydroxylation sites is 2. The van der Waals surface area contributed by atoms with Gasteiger partial charge >= 0.3 is 0 Å². The van der Waals surface area contributed by atoms with Gasteiger partial charge in [0.05, 0.1) is 11.1 Å². The Morgan fingerprint density at radius 3 is 2.28 bits per heavy atom. The lowest BCUT2D eigenvalue weighted by Crippen LogP contribution is -2.22. The van der Waals surface area contributed by atoms with Crippen LogP contribution in [0.1, 0.15) is 17.5 Å². The van der Waals surface area contributed by atoms with Crippen molar-refractivity contribution in [1.29, 1.82) is 5.26 Å². The zero-order valence-electron chi connectivity index (χ0n) is 19.9. The fourth-order valence-electron chi connectivity index (χ4n) is 4.77. The monoisotopic (exact) mass is 496 g/mol. The number of benzene rings is 2. The van der Waals surface area contributed by atoms with Crippen LogP contribution in [0.5, 0.6) is 0 Å². The van der Waals surface area contributed by atoms with Gasteiger partial charge in [-0.05, 0) is 24.8 Å². The number of aromatic nitrogens is 2. The first-order chi connectivity index (χ1) is 17.5. The molecule has 2 aromatic carbocycles. The van der Waals surface area contributed by atoms with Gasteiger partial charge in [-0.25, -0.2) is 0 Å². The van der Waals surface area contributed by atoms with Crippen molar-refractivity contribution in [3.8, 4) is 6.19 Å². The lowest BCUT2D eigenvalue weighted by molar-refractivity contribution is -0.122. The van der Waals surface area contributed by atoms with Gasteiger partial charge in [0, 0.05) is 65.5 Å². The minimum absolute atomic E-state index is 0.382. The molecule has 0 atom stereocenters. The van der Waals surface area contributed by atoms with Crippen molar-refractivity contribution in [3.05, 3.63) is 72.1 Å². The average molecular weight is 497 g/mol. The molecule has 4 aromatic rings. The number of carbonyl (C=O) groups is 2. The van der Waals surface area contributed by atoms with Crippen molar-refractivity contribution < 1.29 is 9.59 Å². The molecular formula is C27H24N6O2S. The maximum Gasteiger partial charge on any atom is 0.259 e. The summed E-state index contributed by atoms with van der Waals surface area (Å²) in [6, 6.07) is 15.7. The number of imide groups is 1. The van der Waals surface area contributed by atoms with Gasteiger partial charge in [-0.2, -0.15) is 5.26 Å². The quantitative estimate of drug-likeness (QED) is 0.105. The first kappa shape index (κ1) is 23.5. The molecule has 0 radical (unpaired) electrons. The molecular weight excluding hydrogens is 472 g/mol. The van der Waals surface area contributed by atoms with E-state index in [1.54, 1.807) is 0 Å². The van der Waals surface area contributed by atoms with E-state index >= 15 is 0 Å². The summed E-state index contributed by atoms with van der Waals surface area (Å²) in [5, 5.41) is 16.3. The normalized spacial score (nSPS) is 14.1. The van der Waals surface area contributed by atoms with Crippen LogP contribution in [0.3, 0.4) is 0 Å². The standard InChI is InChI=1S/C27H24N6O2S/c1-32-14-19(17-8-3-5-10-21(17)32)23-24(26(35)31-25(23)34)20-15-33(22-11-6-4-9-18(20)22)13-7-12-29-27(36-2)30-16-28/h3-6,8-11,14-15H,7,12-13H2,1-2H3,(H,29,30)(H,31,34,35). The van der Waals surface area contributed by atoms with Crippen molar-refractivity contribution in [2.75, 3.05) is 12.8 Å². The van der Waals surface area contributed by atoms with Gasteiger partial charge in [0.15, 0.2) is 11.4 Å². The number of rotatable bonds is 6. The first-order valence-corrected chi connectivity index (χ1v) is 12.7. The van der Waals surface area contributed by atoms with Crippen LogP contribution in [0.15, 0.2) is 65.9 Å². The van der Waals surface area contributed by atoms with E-state index in [1.165, 1.54) is 11.8 Å². The minimum Gasteiger partial charge on any atom is -0.350 e. The number of nitrogens with zero attached hydrogens (tertiary/aromatic N) is 4. The van der Waals surface area contributed by atoms with Gasteiger partial charge in [0.2, 0.25) is 0 Å². The molecule has 2 N–H and O–H groups in total. The van der Waals surface area contributed by atoms with E-state index in [-0.39, 0.29) is 11.8 Å². The topological polar surface area (TPSA) is 104 Å². The number of hydrogen-bond acceptors (Lipinski definition) is 5. The van der Waals surface area contributed by atoms with Gasteiger partial charge < -0.3 is 9.13 Å². The molecule has 2 aromatic heterocycles. The van der Waals surface area contributed by atoms with E-state index in [4.69, 9.17) is 5.26 Å². The average Bonchev–Trinajstić information content (AvgIpc) is 3.51. The van der Waals surface area contributed by atoms with E-state index < -0.39 is 0 Å². The number of nitriles is 1.